The number of amidine groups is 1. The third kappa shape index (κ3) is 4.76. The van der Waals surface area contributed by atoms with E-state index in [0.717, 1.165) is 23.2 Å². The van der Waals surface area contributed by atoms with Gasteiger partial charge in [0.05, 0.1) is 6.54 Å². The average molecular weight is 424 g/mol. The molecule has 7 heteroatoms. The molecule has 164 valence electrons. The zero-order chi connectivity index (χ0) is 22.9. The van der Waals surface area contributed by atoms with E-state index in [9.17, 15) is 9.59 Å². The average Bonchev–Trinajstić information content (AvgIpc) is 3.02. The Morgan fingerprint density at radius 2 is 1.97 bits per heavy atom. The van der Waals surface area contributed by atoms with Gasteiger partial charge >= 0.3 is 5.97 Å². The quantitative estimate of drug-likeness (QED) is 0.656. The van der Waals surface area contributed by atoms with Crippen molar-refractivity contribution in [2.45, 2.75) is 59.1 Å². The number of nitrogens with zero attached hydrogens (tertiary/aromatic N) is 2. The Hall–Kier alpha value is -3.22. The van der Waals surface area contributed by atoms with Crippen molar-refractivity contribution in [1.82, 2.24) is 9.88 Å². The van der Waals surface area contributed by atoms with Gasteiger partial charge in [0.1, 0.15) is 17.3 Å². The minimum Gasteiger partial charge on any atom is -0.479 e. The van der Waals surface area contributed by atoms with Crippen LogP contribution < -0.4 is 4.74 Å². The Morgan fingerprint density at radius 1 is 1.26 bits per heavy atom. The van der Waals surface area contributed by atoms with Crippen LogP contribution in [0, 0.1) is 5.41 Å². The second-order valence-electron chi connectivity index (χ2n) is 8.85. The zero-order valence-electron chi connectivity index (χ0n) is 18.7. The van der Waals surface area contributed by atoms with Crippen molar-refractivity contribution in [2.24, 2.45) is 0 Å². The monoisotopic (exact) mass is 423 g/mol. The van der Waals surface area contributed by atoms with Crippen LogP contribution in [0.25, 0.3) is 0 Å². The number of carbonyl (C=O) groups is 2. The number of nitrogens with one attached hydrogen (secondary N) is 1. The molecule has 0 amide bonds. The molecule has 0 aliphatic carbocycles. The lowest BCUT2D eigenvalue weighted by Crippen LogP contribution is -2.31. The summed E-state index contributed by atoms with van der Waals surface area (Å²) in [5.74, 6) is -0.440. The van der Waals surface area contributed by atoms with E-state index in [1.165, 1.54) is 6.92 Å². The van der Waals surface area contributed by atoms with Crippen LogP contribution in [-0.2, 0) is 23.2 Å². The largest absolute Gasteiger partial charge is 0.479 e. The van der Waals surface area contributed by atoms with Crippen LogP contribution in [0.2, 0.25) is 0 Å². The van der Waals surface area contributed by atoms with Gasteiger partial charge in [0.15, 0.2) is 11.9 Å². The molecule has 7 nitrogen and oxygen atoms in total. The minimum absolute atomic E-state index is 0.0754. The van der Waals surface area contributed by atoms with Crippen molar-refractivity contribution < 1.29 is 19.4 Å². The molecule has 3 rings (SSSR count). The number of carboxylic acid groups (broad SMARTS) is 1. The number of carbonyl (C=O) groups excluding carboxylic acids is 1. The van der Waals surface area contributed by atoms with Crippen molar-refractivity contribution >= 4 is 17.6 Å². The van der Waals surface area contributed by atoms with Crippen LogP contribution in [-0.4, -0.2) is 45.2 Å². The summed E-state index contributed by atoms with van der Waals surface area (Å²) in [5, 5.41) is 17.6. The molecule has 1 unspecified atom stereocenters. The number of hydrogen-bond acceptors (Lipinski definition) is 5. The Labute approximate surface area is 182 Å². The van der Waals surface area contributed by atoms with E-state index in [4.69, 9.17) is 15.3 Å². The van der Waals surface area contributed by atoms with Crippen molar-refractivity contribution in [2.75, 3.05) is 6.54 Å². The van der Waals surface area contributed by atoms with E-state index in [2.05, 4.69) is 4.98 Å². The molecule has 31 heavy (non-hydrogen) atoms. The first kappa shape index (κ1) is 22.5. The number of Topliss-reactive ketones (excluding diaryl/α,β-unsaturated/α-hetero) is 1. The molecule has 1 atom stereocenters. The number of ketones is 1. The van der Waals surface area contributed by atoms with Crippen molar-refractivity contribution in [3.05, 3.63) is 58.4 Å². The maximum Gasteiger partial charge on any atom is 0.344 e. The van der Waals surface area contributed by atoms with Crippen molar-refractivity contribution in [1.29, 1.82) is 5.41 Å². The fourth-order valence-electron chi connectivity index (χ4n) is 3.53. The van der Waals surface area contributed by atoms with Crippen molar-refractivity contribution in [3.63, 3.8) is 0 Å². The second kappa shape index (κ2) is 8.49. The van der Waals surface area contributed by atoms with Crippen LogP contribution >= 0.6 is 0 Å². The molecule has 1 aromatic heterocycles. The Morgan fingerprint density at radius 3 is 2.58 bits per heavy atom. The zero-order valence-corrected chi connectivity index (χ0v) is 18.7. The van der Waals surface area contributed by atoms with Crippen LogP contribution in [0.5, 0.6) is 5.75 Å². The number of aromatic nitrogens is 1. The molecule has 0 radical (unpaired) electrons. The summed E-state index contributed by atoms with van der Waals surface area (Å²) in [4.78, 5) is 30.5. The van der Waals surface area contributed by atoms with Gasteiger partial charge in [-0.3, -0.25) is 10.2 Å². The predicted molar refractivity (Wildman–Crippen MR) is 118 cm³/mol. The number of fused-ring (bicyclic) bond motifs is 1. The highest BCUT2D eigenvalue weighted by Gasteiger charge is 2.29. The first-order valence-corrected chi connectivity index (χ1v) is 10.4. The molecule has 1 aromatic carbocycles. The van der Waals surface area contributed by atoms with Gasteiger partial charge in [-0.1, -0.05) is 33.8 Å². The molecule has 2 heterocycles. The topological polar surface area (TPSA) is 104 Å². The smallest absolute Gasteiger partial charge is 0.344 e. The fraction of sp³-hybridized carbons (Fsp3) is 0.417. The number of hydrogen-bond donors (Lipinski definition) is 2. The van der Waals surface area contributed by atoms with Gasteiger partial charge in [-0.05, 0) is 43.0 Å². The van der Waals surface area contributed by atoms with Crippen molar-refractivity contribution in [3.8, 4) is 5.75 Å². The third-order valence-corrected chi connectivity index (χ3v) is 5.40. The lowest BCUT2D eigenvalue weighted by molar-refractivity contribution is -0.144. The lowest BCUT2D eigenvalue weighted by atomic mass is 9.85. The summed E-state index contributed by atoms with van der Waals surface area (Å²) in [7, 11) is 0. The van der Waals surface area contributed by atoms with Crippen LogP contribution in [0.4, 0.5) is 0 Å². The summed E-state index contributed by atoms with van der Waals surface area (Å²) in [6.45, 7) is 10.0. The maximum atomic E-state index is 13.0. The van der Waals surface area contributed by atoms with Crippen LogP contribution in [0.15, 0.2) is 30.3 Å². The van der Waals surface area contributed by atoms with E-state index in [1.807, 2.05) is 39.8 Å². The first-order chi connectivity index (χ1) is 14.5. The number of benzene rings is 1. The Bertz CT molecular complexity index is 1040. The molecule has 0 bridgehead atoms. The fourth-order valence-corrected chi connectivity index (χ4v) is 3.53. The predicted octanol–water partition coefficient (Wildman–Crippen LogP) is 3.82. The van der Waals surface area contributed by atoms with Gasteiger partial charge < -0.3 is 14.7 Å². The van der Waals surface area contributed by atoms with Gasteiger partial charge in [-0.2, -0.15) is 0 Å². The molecule has 0 fully saturated rings. The SMILES string of the molecule is CCc1ccc2c(n1)C(=N)N(CC(=O)c1ccc(OC(C)C(=O)O)c(C(C)(C)C)c1)C2. The molecule has 0 saturated heterocycles. The van der Waals surface area contributed by atoms with Gasteiger partial charge in [0.25, 0.3) is 0 Å². The van der Waals surface area contributed by atoms with E-state index in [-0.39, 0.29) is 23.6 Å². The molecule has 1 aliphatic rings. The number of carboxylic acids is 1. The highest BCUT2D eigenvalue weighted by molar-refractivity contribution is 6.04. The summed E-state index contributed by atoms with van der Waals surface area (Å²) >= 11 is 0. The molecule has 2 aromatic rings. The van der Waals surface area contributed by atoms with E-state index >= 15 is 0 Å². The highest BCUT2D eigenvalue weighted by atomic mass is 16.5. The number of ether oxygens (including phenoxy) is 1. The number of rotatable bonds is 7. The molecular formula is C24H29N3O4. The normalized spacial score (nSPS) is 14.4. The summed E-state index contributed by atoms with van der Waals surface area (Å²) in [6.07, 6.45) is -0.198. The summed E-state index contributed by atoms with van der Waals surface area (Å²) < 4.78 is 5.62. The number of aliphatic carboxylic acids is 1. The van der Waals surface area contributed by atoms with Crippen LogP contribution in [0.1, 0.15) is 67.5 Å². The summed E-state index contributed by atoms with van der Waals surface area (Å²) in [5.41, 5.74) is 3.45. The Kier molecular flexibility index (Phi) is 6.15. The molecular weight excluding hydrogens is 394 g/mol. The highest BCUT2D eigenvalue weighted by Crippen LogP contribution is 2.33. The van der Waals surface area contributed by atoms with Gasteiger partial charge in [-0.15, -0.1) is 0 Å². The van der Waals surface area contributed by atoms with Gasteiger partial charge in [0, 0.05) is 28.9 Å². The van der Waals surface area contributed by atoms with Crippen LogP contribution in [0.3, 0.4) is 0 Å². The van der Waals surface area contributed by atoms with E-state index < -0.39 is 12.1 Å². The standard InChI is InChI=1S/C24H29N3O4/c1-6-17-9-7-16-12-27(22(25)21(16)26-17)13-19(28)15-8-10-20(31-14(2)23(29)30)18(11-15)24(3,4)5/h7-11,14,25H,6,12-13H2,1-5H3,(H,29,30). The Balaban J connectivity index is 1.82. The second-order valence-corrected chi connectivity index (χ2v) is 8.85. The van der Waals surface area contributed by atoms with Gasteiger partial charge in [-0.25, -0.2) is 9.78 Å². The van der Waals surface area contributed by atoms with E-state index in [0.29, 0.717) is 23.6 Å². The first-order valence-electron chi connectivity index (χ1n) is 10.4. The maximum absolute atomic E-state index is 13.0. The molecule has 0 saturated carbocycles. The third-order valence-electron chi connectivity index (χ3n) is 5.40. The van der Waals surface area contributed by atoms with Gasteiger partial charge in [0.2, 0.25) is 0 Å². The molecule has 1 aliphatic heterocycles. The molecule has 0 spiro atoms. The minimum atomic E-state index is -1.05. The number of pyridine rings is 1. The lowest BCUT2D eigenvalue weighted by Gasteiger charge is -2.25. The molecule has 2 N–H and O–H groups in total. The van der Waals surface area contributed by atoms with E-state index in [1.54, 1.807) is 23.1 Å². The number of aryl methyl sites for hydroxylation is 1. The summed E-state index contributed by atoms with van der Waals surface area (Å²) in [6, 6.07) is 9.03.